The molecule has 19 heavy (non-hydrogen) atoms. The summed E-state index contributed by atoms with van der Waals surface area (Å²) in [5, 5.41) is 4.58. The van der Waals surface area contributed by atoms with E-state index in [2.05, 4.69) is 10.5 Å². The second-order valence-corrected chi connectivity index (χ2v) is 4.57. The molecule has 1 aromatic heterocycles. The first kappa shape index (κ1) is 13.4. The van der Waals surface area contributed by atoms with Crippen molar-refractivity contribution in [2.45, 2.75) is 13.8 Å². The summed E-state index contributed by atoms with van der Waals surface area (Å²) in [6.45, 7) is 3.37. The average Bonchev–Trinajstić information content (AvgIpc) is 2.80. The number of halogens is 1. The SMILES string of the molecule is CC(=O)NN=Cc1cccn1-c1ccc(C)c(Cl)c1. The van der Waals surface area contributed by atoms with Gasteiger partial charge in [0, 0.05) is 23.8 Å². The quantitative estimate of drug-likeness (QED) is 0.679. The Morgan fingerprint density at radius 1 is 1.42 bits per heavy atom. The van der Waals surface area contributed by atoms with Gasteiger partial charge in [0.05, 0.1) is 11.9 Å². The van der Waals surface area contributed by atoms with Crippen LogP contribution in [0.3, 0.4) is 0 Å². The zero-order valence-corrected chi connectivity index (χ0v) is 11.5. The second kappa shape index (κ2) is 5.71. The molecule has 0 radical (unpaired) electrons. The monoisotopic (exact) mass is 275 g/mol. The highest BCUT2D eigenvalue weighted by Crippen LogP contribution is 2.20. The molecule has 0 saturated heterocycles. The van der Waals surface area contributed by atoms with E-state index in [1.165, 1.54) is 6.92 Å². The summed E-state index contributed by atoms with van der Waals surface area (Å²) in [5.74, 6) is -0.201. The highest BCUT2D eigenvalue weighted by molar-refractivity contribution is 6.31. The van der Waals surface area contributed by atoms with Gasteiger partial charge in [0.2, 0.25) is 5.91 Å². The van der Waals surface area contributed by atoms with Gasteiger partial charge in [-0.15, -0.1) is 0 Å². The van der Waals surface area contributed by atoms with Crippen molar-refractivity contribution in [3.05, 3.63) is 52.8 Å². The lowest BCUT2D eigenvalue weighted by molar-refractivity contribution is -0.118. The van der Waals surface area contributed by atoms with Crippen molar-refractivity contribution in [3.63, 3.8) is 0 Å². The molecular formula is C14H14ClN3O. The summed E-state index contributed by atoms with van der Waals surface area (Å²) in [6.07, 6.45) is 3.51. The Balaban J connectivity index is 2.30. The van der Waals surface area contributed by atoms with E-state index in [4.69, 9.17) is 11.6 Å². The Kier molecular flexibility index (Phi) is 4.02. The van der Waals surface area contributed by atoms with Gasteiger partial charge in [-0.25, -0.2) is 5.43 Å². The van der Waals surface area contributed by atoms with Crippen LogP contribution >= 0.6 is 11.6 Å². The smallest absolute Gasteiger partial charge is 0.236 e. The molecule has 0 aliphatic carbocycles. The Morgan fingerprint density at radius 3 is 2.89 bits per heavy atom. The van der Waals surface area contributed by atoms with Gasteiger partial charge < -0.3 is 4.57 Å². The fraction of sp³-hybridized carbons (Fsp3) is 0.143. The van der Waals surface area contributed by atoms with Crippen LogP contribution in [0.2, 0.25) is 5.02 Å². The first-order chi connectivity index (χ1) is 9.08. The predicted octanol–water partition coefficient (Wildman–Crippen LogP) is 2.91. The molecule has 0 aliphatic rings. The summed E-state index contributed by atoms with van der Waals surface area (Å²) in [5.41, 5.74) is 5.21. The fourth-order valence-electron chi connectivity index (χ4n) is 1.66. The topological polar surface area (TPSA) is 46.4 Å². The molecule has 2 aromatic rings. The lowest BCUT2D eigenvalue weighted by Crippen LogP contribution is -2.12. The lowest BCUT2D eigenvalue weighted by Gasteiger charge is -2.08. The normalized spacial score (nSPS) is 10.9. The van der Waals surface area contributed by atoms with E-state index in [0.717, 1.165) is 22.0 Å². The Hall–Kier alpha value is -2.07. The van der Waals surface area contributed by atoms with E-state index in [9.17, 15) is 4.79 Å². The molecule has 0 bridgehead atoms. The maximum Gasteiger partial charge on any atom is 0.236 e. The van der Waals surface area contributed by atoms with Gasteiger partial charge in [-0.1, -0.05) is 17.7 Å². The first-order valence-corrected chi connectivity index (χ1v) is 6.19. The third kappa shape index (κ3) is 3.23. The zero-order valence-electron chi connectivity index (χ0n) is 10.7. The summed E-state index contributed by atoms with van der Waals surface area (Å²) in [6, 6.07) is 9.65. The van der Waals surface area contributed by atoms with E-state index < -0.39 is 0 Å². The molecule has 0 unspecified atom stereocenters. The maximum atomic E-state index is 10.8. The van der Waals surface area contributed by atoms with E-state index in [1.807, 2.05) is 48.0 Å². The molecule has 0 atom stereocenters. The predicted molar refractivity (Wildman–Crippen MR) is 76.9 cm³/mol. The molecule has 0 spiro atoms. The van der Waals surface area contributed by atoms with Crippen LogP contribution in [0, 0.1) is 6.92 Å². The zero-order chi connectivity index (χ0) is 13.8. The molecule has 98 valence electrons. The van der Waals surface area contributed by atoms with Crippen LogP contribution in [0.5, 0.6) is 0 Å². The van der Waals surface area contributed by atoms with Crippen LogP contribution < -0.4 is 5.43 Å². The number of hydrogen-bond donors (Lipinski definition) is 1. The molecule has 1 amide bonds. The summed E-state index contributed by atoms with van der Waals surface area (Å²) >= 11 is 6.13. The summed E-state index contributed by atoms with van der Waals surface area (Å²) in [7, 11) is 0. The average molecular weight is 276 g/mol. The van der Waals surface area contributed by atoms with Crippen LogP contribution in [0.1, 0.15) is 18.2 Å². The Morgan fingerprint density at radius 2 is 2.21 bits per heavy atom. The van der Waals surface area contributed by atoms with Gasteiger partial charge in [0.15, 0.2) is 0 Å². The number of aromatic nitrogens is 1. The largest absolute Gasteiger partial charge is 0.316 e. The van der Waals surface area contributed by atoms with Crippen LogP contribution in [-0.4, -0.2) is 16.7 Å². The van der Waals surface area contributed by atoms with Gasteiger partial charge in [0.1, 0.15) is 0 Å². The van der Waals surface area contributed by atoms with Gasteiger partial charge in [-0.3, -0.25) is 4.79 Å². The van der Waals surface area contributed by atoms with E-state index in [-0.39, 0.29) is 5.91 Å². The van der Waals surface area contributed by atoms with Gasteiger partial charge in [-0.05, 0) is 36.8 Å². The molecule has 1 heterocycles. The number of aryl methyl sites for hydroxylation is 1. The molecule has 0 aliphatic heterocycles. The number of benzene rings is 1. The third-order valence-electron chi connectivity index (χ3n) is 2.63. The van der Waals surface area contributed by atoms with Crippen molar-refractivity contribution >= 4 is 23.7 Å². The Bertz CT molecular complexity index is 631. The number of rotatable bonds is 3. The molecule has 5 heteroatoms. The van der Waals surface area contributed by atoms with Crippen LogP contribution in [0.4, 0.5) is 0 Å². The summed E-state index contributed by atoms with van der Waals surface area (Å²) < 4.78 is 1.94. The molecule has 4 nitrogen and oxygen atoms in total. The maximum absolute atomic E-state index is 10.8. The minimum absolute atomic E-state index is 0.201. The number of nitrogens with one attached hydrogen (secondary N) is 1. The van der Waals surface area contributed by atoms with Gasteiger partial charge in [0.25, 0.3) is 0 Å². The van der Waals surface area contributed by atoms with Crippen molar-refractivity contribution in [1.29, 1.82) is 0 Å². The van der Waals surface area contributed by atoms with E-state index in [0.29, 0.717) is 0 Å². The van der Waals surface area contributed by atoms with Crippen molar-refractivity contribution in [1.82, 2.24) is 9.99 Å². The third-order valence-corrected chi connectivity index (χ3v) is 3.04. The molecule has 0 saturated carbocycles. The van der Waals surface area contributed by atoms with Crippen LogP contribution in [0.25, 0.3) is 5.69 Å². The number of hydrogen-bond acceptors (Lipinski definition) is 2. The fourth-order valence-corrected chi connectivity index (χ4v) is 1.83. The van der Waals surface area contributed by atoms with Gasteiger partial charge in [-0.2, -0.15) is 5.10 Å². The molecule has 2 rings (SSSR count). The molecular weight excluding hydrogens is 262 g/mol. The number of hydrazone groups is 1. The number of carbonyl (C=O) groups excluding carboxylic acids is 1. The van der Waals surface area contributed by atoms with Crippen LogP contribution in [0.15, 0.2) is 41.6 Å². The number of carbonyl (C=O) groups is 1. The van der Waals surface area contributed by atoms with Crippen LogP contribution in [-0.2, 0) is 4.79 Å². The van der Waals surface area contributed by atoms with Crippen molar-refractivity contribution in [3.8, 4) is 5.69 Å². The van der Waals surface area contributed by atoms with E-state index >= 15 is 0 Å². The minimum atomic E-state index is -0.201. The van der Waals surface area contributed by atoms with Gasteiger partial charge >= 0.3 is 0 Å². The standard InChI is InChI=1S/C14H14ClN3O/c1-10-5-6-12(8-14(10)15)18-7-3-4-13(18)9-16-17-11(2)19/h3-9H,1-2H3,(H,17,19). The van der Waals surface area contributed by atoms with Crippen molar-refractivity contribution in [2.75, 3.05) is 0 Å². The van der Waals surface area contributed by atoms with Crippen molar-refractivity contribution in [2.24, 2.45) is 5.10 Å². The second-order valence-electron chi connectivity index (χ2n) is 4.16. The number of nitrogens with zero attached hydrogens (tertiary/aromatic N) is 2. The molecule has 0 fully saturated rings. The molecule has 1 N–H and O–H groups in total. The van der Waals surface area contributed by atoms with E-state index in [1.54, 1.807) is 6.21 Å². The molecule has 1 aromatic carbocycles. The van der Waals surface area contributed by atoms with Crippen molar-refractivity contribution < 1.29 is 4.79 Å². The highest BCUT2D eigenvalue weighted by atomic mass is 35.5. The summed E-state index contributed by atoms with van der Waals surface area (Å²) in [4.78, 5) is 10.8. The number of amides is 1. The first-order valence-electron chi connectivity index (χ1n) is 5.81. The lowest BCUT2D eigenvalue weighted by atomic mass is 10.2. The minimum Gasteiger partial charge on any atom is -0.316 e. The highest BCUT2D eigenvalue weighted by Gasteiger charge is 2.03. The Labute approximate surface area is 116 Å².